The molecule has 0 unspecified atom stereocenters. The van der Waals surface area contributed by atoms with E-state index < -0.39 is 12.1 Å². The Morgan fingerprint density at radius 3 is 2.47 bits per heavy atom. The van der Waals surface area contributed by atoms with E-state index >= 15 is 0 Å². The van der Waals surface area contributed by atoms with E-state index in [0.717, 1.165) is 29.6 Å². The fraction of sp³-hybridized carbons (Fsp3) is 0.348. The first-order chi connectivity index (χ1) is 14.6. The number of β-amino-alcohol motifs (C(OH)–C–C–N with tert-alkyl or cyclic N) is 1. The molecule has 3 N–H and O–H groups in total. The van der Waals surface area contributed by atoms with Gasteiger partial charge in [-0.1, -0.05) is 41.9 Å². The van der Waals surface area contributed by atoms with Crippen LogP contribution < -0.4 is 0 Å². The Balaban J connectivity index is 1.63. The minimum Gasteiger partial charge on any atom is -0.395 e. The number of fused-ring (bicyclic) bond motifs is 1. The number of ketones is 1. The molecule has 4 rings (SSSR count). The number of hydrogen-bond donors (Lipinski definition) is 3. The van der Waals surface area contributed by atoms with Gasteiger partial charge in [0, 0.05) is 60.4 Å². The van der Waals surface area contributed by atoms with Crippen molar-refractivity contribution >= 4 is 28.3 Å². The van der Waals surface area contributed by atoms with Crippen molar-refractivity contribution in [3.05, 3.63) is 70.9 Å². The molecule has 2 atom stereocenters. The summed E-state index contributed by atoms with van der Waals surface area (Å²) >= 11 is 6.07. The molecule has 30 heavy (non-hydrogen) atoms. The minimum atomic E-state index is -1.21. The number of aromatic nitrogens is 1. The van der Waals surface area contributed by atoms with Crippen molar-refractivity contribution < 1.29 is 15.0 Å². The van der Waals surface area contributed by atoms with Crippen LogP contribution in [0.4, 0.5) is 0 Å². The van der Waals surface area contributed by atoms with E-state index in [1.54, 1.807) is 18.3 Å². The number of aliphatic hydroxyl groups is 2. The lowest BCUT2D eigenvalue weighted by molar-refractivity contribution is 0.0168. The van der Waals surface area contributed by atoms with Crippen LogP contribution in [-0.4, -0.2) is 76.2 Å². The predicted molar refractivity (Wildman–Crippen MR) is 118 cm³/mol. The molecule has 3 aromatic rings. The van der Waals surface area contributed by atoms with Gasteiger partial charge >= 0.3 is 0 Å². The Bertz CT molecular complexity index is 996. The lowest BCUT2D eigenvalue weighted by Crippen LogP contribution is -2.51. The van der Waals surface area contributed by atoms with Crippen LogP contribution >= 0.6 is 11.6 Å². The number of nitrogens with zero attached hydrogens (tertiary/aromatic N) is 2. The van der Waals surface area contributed by atoms with E-state index in [9.17, 15) is 15.0 Å². The highest BCUT2D eigenvalue weighted by molar-refractivity contribution is 6.30. The van der Waals surface area contributed by atoms with Crippen LogP contribution in [0.25, 0.3) is 10.9 Å². The van der Waals surface area contributed by atoms with Crippen LogP contribution in [0.3, 0.4) is 0 Å². The monoisotopic (exact) mass is 427 g/mol. The van der Waals surface area contributed by atoms with Gasteiger partial charge in [-0.15, -0.1) is 0 Å². The van der Waals surface area contributed by atoms with Crippen molar-refractivity contribution in [2.24, 2.45) is 0 Å². The topological polar surface area (TPSA) is 79.8 Å². The maximum Gasteiger partial charge on any atom is 0.195 e. The number of para-hydroxylation sites is 1. The normalized spacial score (nSPS) is 17.8. The molecule has 1 aliphatic heterocycles. The van der Waals surface area contributed by atoms with Crippen molar-refractivity contribution in [1.82, 2.24) is 14.8 Å². The summed E-state index contributed by atoms with van der Waals surface area (Å²) in [6, 6.07) is 14.4. The largest absolute Gasteiger partial charge is 0.395 e. The molecule has 0 spiro atoms. The first-order valence-corrected chi connectivity index (χ1v) is 10.6. The number of H-pyrrole nitrogens is 1. The number of benzene rings is 2. The second kappa shape index (κ2) is 9.29. The lowest BCUT2D eigenvalue weighted by atomic mass is 9.93. The molecule has 1 aromatic heterocycles. The van der Waals surface area contributed by atoms with Crippen LogP contribution in [0.5, 0.6) is 0 Å². The third-order valence-corrected chi connectivity index (χ3v) is 6.10. The van der Waals surface area contributed by atoms with Gasteiger partial charge in [-0.25, -0.2) is 0 Å². The van der Waals surface area contributed by atoms with Gasteiger partial charge in [0.05, 0.1) is 12.6 Å². The smallest absolute Gasteiger partial charge is 0.195 e. The third kappa shape index (κ3) is 4.29. The van der Waals surface area contributed by atoms with E-state index in [2.05, 4.69) is 14.8 Å². The molecule has 158 valence electrons. The van der Waals surface area contributed by atoms with Crippen molar-refractivity contribution in [2.75, 3.05) is 39.3 Å². The van der Waals surface area contributed by atoms with E-state index in [4.69, 9.17) is 11.6 Å². The molecule has 1 saturated heterocycles. The molecule has 2 heterocycles. The van der Waals surface area contributed by atoms with Gasteiger partial charge in [0.2, 0.25) is 0 Å². The number of rotatable bonds is 7. The Hall–Kier alpha value is -2.22. The van der Waals surface area contributed by atoms with Crippen molar-refractivity contribution in [3.8, 4) is 0 Å². The highest BCUT2D eigenvalue weighted by atomic mass is 35.5. The molecule has 0 aliphatic carbocycles. The Kier molecular flexibility index (Phi) is 6.51. The first kappa shape index (κ1) is 21.0. The summed E-state index contributed by atoms with van der Waals surface area (Å²) in [5.41, 5.74) is 2.22. The molecular formula is C23H26ClN3O3. The molecular weight excluding hydrogens is 402 g/mol. The van der Waals surface area contributed by atoms with Crippen LogP contribution in [0, 0.1) is 0 Å². The average molecular weight is 428 g/mol. The van der Waals surface area contributed by atoms with E-state index in [1.807, 2.05) is 36.4 Å². The number of aromatic amines is 1. The Labute approximate surface area is 180 Å². The highest BCUT2D eigenvalue weighted by Crippen LogP contribution is 2.30. The molecule has 0 radical (unpaired) electrons. The van der Waals surface area contributed by atoms with Gasteiger partial charge in [0.25, 0.3) is 0 Å². The summed E-state index contributed by atoms with van der Waals surface area (Å²) in [6.45, 7) is 3.72. The zero-order valence-corrected chi connectivity index (χ0v) is 17.4. The molecule has 6 nitrogen and oxygen atoms in total. The number of carbonyl (C=O) groups is 1. The van der Waals surface area contributed by atoms with Gasteiger partial charge in [-0.2, -0.15) is 0 Å². The van der Waals surface area contributed by atoms with Crippen LogP contribution in [0.1, 0.15) is 22.0 Å². The fourth-order valence-corrected chi connectivity index (χ4v) is 4.36. The van der Waals surface area contributed by atoms with Gasteiger partial charge in [0.15, 0.2) is 5.78 Å². The summed E-state index contributed by atoms with van der Waals surface area (Å²) < 4.78 is 0. The zero-order valence-electron chi connectivity index (χ0n) is 16.7. The standard InChI is InChI=1S/C23H26ClN3O3/c24-17-7-5-16(6-8-17)21(27-11-9-26(10-12-27)13-14-28)23(30)22(29)19-15-25-20-4-2-1-3-18(19)20/h1-8,15,21,23,25,28,30H,9-14H2/t21-,23+/m0/s1. The average Bonchev–Trinajstić information content (AvgIpc) is 3.20. The zero-order chi connectivity index (χ0) is 21.1. The van der Waals surface area contributed by atoms with E-state index in [-0.39, 0.29) is 12.4 Å². The fourth-order valence-electron chi connectivity index (χ4n) is 4.24. The summed E-state index contributed by atoms with van der Waals surface area (Å²) in [7, 11) is 0. The van der Waals surface area contributed by atoms with Crippen LogP contribution in [-0.2, 0) is 0 Å². The second-order valence-corrected chi connectivity index (χ2v) is 8.09. The minimum absolute atomic E-state index is 0.127. The summed E-state index contributed by atoms with van der Waals surface area (Å²) in [5, 5.41) is 21.9. The molecule has 2 aromatic carbocycles. The number of Topliss-reactive ketones (excluding diaryl/α,β-unsaturated/α-hetero) is 1. The second-order valence-electron chi connectivity index (χ2n) is 7.65. The summed E-state index contributed by atoms with van der Waals surface area (Å²) in [6.07, 6.45) is 0.462. The molecule has 0 bridgehead atoms. The number of nitrogens with one attached hydrogen (secondary N) is 1. The van der Waals surface area contributed by atoms with Crippen molar-refractivity contribution in [2.45, 2.75) is 12.1 Å². The van der Waals surface area contributed by atoms with Crippen molar-refractivity contribution in [1.29, 1.82) is 0 Å². The first-order valence-electron chi connectivity index (χ1n) is 10.2. The number of piperazine rings is 1. The van der Waals surface area contributed by atoms with Crippen LogP contribution in [0.15, 0.2) is 54.7 Å². The quantitative estimate of drug-likeness (QED) is 0.505. The van der Waals surface area contributed by atoms with Gasteiger partial charge < -0.3 is 15.2 Å². The number of halogens is 1. The van der Waals surface area contributed by atoms with Crippen molar-refractivity contribution in [3.63, 3.8) is 0 Å². The third-order valence-electron chi connectivity index (χ3n) is 5.85. The van der Waals surface area contributed by atoms with Crippen LogP contribution in [0.2, 0.25) is 5.02 Å². The molecule has 7 heteroatoms. The van der Waals surface area contributed by atoms with Gasteiger partial charge in [-0.3, -0.25) is 14.6 Å². The predicted octanol–water partition coefficient (Wildman–Crippen LogP) is 2.72. The summed E-state index contributed by atoms with van der Waals surface area (Å²) in [5.74, 6) is -0.301. The number of aliphatic hydroxyl groups excluding tert-OH is 2. The Morgan fingerprint density at radius 2 is 1.77 bits per heavy atom. The summed E-state index contributed by atoms with van der Waals surface area (Å²) in [4.78, 5) is 20.8. The molecule has 0 saturated carbocycles. The Morgan fingerprint density at radius 1 is 1.07 bits per heavy atom. The number of hydrogen-bond acceptors (Lipinski definition) is 5. The number of carbonyl (C=O) groups excluding carboxylic acids is 1. The lowest BCUT2D eigenvalue weighted by Gasteiger charge is -2.40. The maximum atomic E-state index is 13.3. The maximum absolute atomic E-state index is 13.3. The van der Waals surface area contributed by atoms with Gasteiger partial charge in [0.1, 0.15) is 6.10 Å². The molecule has 1 aliphatic rings. The van der Waals surface area contributed by atoms with E-state index in [0.29, 0.717) is 30.2 Å². The molecule has 0 amide bonds. The van der Waals surface area contributed by atoms with Gasteiger partial charge in [-0.05, 0) is 23.8 Å². The highest BCUT2D eigenvalue weighted by Gasteiger charge is 2.35. The SMILES string of the molecule is O=C(c1c[nH]c2ccccc12)[C@H](O)[C@H](c1ccc(Cl)cc1)N1CCN(CCO)CC1. The van der Waals surface area contributed by atoms with E-state index in [1.165, 1.54) is 0 Å². The molecule has 1 fully saturated rings.